The molecule has 0 saturated carbocycles. The van der Waals surface area contributed by atoms with E-state index in [4.69, 9.17) is 11.6 Å². The summed E-state index contributed by atoms with van der Waals surface area (Å²) in [4.78, 5) is 9.53. The van der Waals surface area contributed by atoms with Crippen LogP contribution in [0.3, 0.4) is 0 Å². The van der Waals surface area contributed by atoms with Crippen molar-refractivity contribution in [3.8, 4) is 0 Å². The van der Waals surface area contributed by atoms with Gasteiger partial charge in [0.15, 0.2) is 4.91 Å². The summed E-state index contributed by atoms with van der Waals surface area (Å²) in [6.07, 6.45) is -7.20. The molecule has 0 N–H and O–H groups in total. The number of benzene rings is 1. The fourth-order valence-electron chi connectivity index (χ4n) is 1.83. The molecule has 0 heterocycles. The minimum absolute atomic E-state index is 0.0365. The van der Waals surface area contributed by atoms with Crippen LogP contribution < -0.4 is 0 Å². The van der Waals surface area contributed by atoms with E-state index in [1.165, 1.54) is 0 Å². The predicted octanol–water partition coefficient (Wildman–Crippen LogP) is 5.08. The summed E-state index contributed by atoms with van der Waals surface area (Å²) in [6, 6.07) is 3.93. The molecule has 1 aromatic rings. The van der Waals surface area contributed by atoms with Crippen molar-refractivity contribution in [3.05, 3.63) is 39.8 Å². The molecular weight excluding hydrogens is 483 g/mol. The quantitative estimate of drug-likeness (QED) is 0.302. The Kier molecular flexibility index (Phi) is 7.20. The minimum Gasteiger partial charge on any atom is -0.462 e. The van der Waals surface area contributed by atoms with Gasteiger partial charge in [-0.05, 0) is 30.7 Å². The molecule has 4 nitrogen and oxygen atoms in total. The first kappa shape index (κ1) is 26.1. The van der Waals surface area contributed by atoms with Gasteiger partial charge in [-0.3, -0.25) is 0 Å². The Bertz CT molecular complexity index is 922. The van der Waals surface area contributed by atoms with E-state index in [0.29, 0.717) is 0 Å². The first-order valence-corrected chi connectivity index (χ1v) is 9.30. The normalized spacial score (nSPS) is 14.6. The van der Waals surface area contributed by atoms with Crippen LogP contribution in [0, 0.1) is 0 Å². The SMILES string of the molecule is CCOC(=O)/C(=C\c1ccc(Cl)cc1)S(=O)(=O)C(F)(F)C(F)(F)C(F)(F)C(F)(F)F. The Morgan fingerprint density at radius 2 is 1.43 bits per heavy atom. The molecule has 1 rings (SSSR count). The molecule has 0 aromatic heterocycles. The maximum Gasteiger partial charge on any atom is 0.460 e. The summed E-state index contributed by atoms with van der Waals surface area (Å²) in [5.74, 6) is -17.1. The fourth-order valence-corrected chi connectivity index (χ4v) is 3.26. The van der Waals surface area contributed by atoms with Crippen LogP contribution in [-0.4, -0.2) is 44.3 Å². The Labute approximate surface area is 168 Å². The van der Waals surface area contributed by atoms with Crippen molar-refractivity contribution in [1.29, 1.82) is 0 Å². The number of ether oxygens (including phenoxy) is 1. The van der Waals surface area contributed by atoms with Gasteiger partial charge in [-0.1, -0.05) is 23.7 Å². The number of rotatable bonds is 7. The van der Waals surface area contributed by atoms with Gasteiger partial charge in [-0.25, -0.2) is 13.2 Å². The topological polar surface area (TPSA) is 60.4 Å². The molecule has 0 radical (unpaired) electrons. The van der Waals surface area contributed by atoms with Crippen molar-refractivity contribution in [1.82, 2.24) is 0 Å². The molecule has 170 valence electrons. The van der Waals surface area contributed by atoms with E-state index in [2.05, 4.69) is 4.74 Å². The van der Waals surface area contributed by atoms with Gasteiger partial charge in [0, 0.05) is 5.02 Å². The molecule has 1 aromatic carbocycles. The number of esters is 1. The summed E-state index contributed by atoms with van der Waals surface area (Å²) in [6.45, 7) is 0.377. The molecule has 0 amide bonds. The highest BCUT2D eigenvalue weighted by molar-refractivity contribution is 7.97. The molecule has 0 unspecified atom stereocenters. The fraction of sp³-hybridized carbons (Fsp3) is 0.400. The number of alkyl halides is 9. The van der Waals surface area contributed by atoms with Crippen molar-refractivity contribution in [3.63, 3.8) is 0 Å². The highest BCUT2D eigenvalue weighted by Gasteiger charge is 2.85. The van der Waals surface area contributed by atoms with Gasteiger partial charge >= 0.3 is 29.2 Å². The maximum atomic E-state index is 14.0. The maximum absolute atomic E-state index is 14.0. The zero-order valence-corrected chi connectivity index (χ0v) is 16.0. The lowest BCUT2D eigenvalue weighted by Gasteiger charge is -2.33. The summed E-state index contributed by atoms with van der Waals surface area (Å²) < 4.78 is 146. The second-order valence-corrected chi connectivity index (χ2v) is 7.84. The summed E-state index contributed by atoms with van der Waals surface area (Å²) in [5, 5.41) is -7.03. The number of hydrogen-bond acceptors (Lipinski definition) is 4. The van der Waals surface area contributed by atoms with Crippen molar-refractivity contribution in [2.45, 2.75) is 30.2 Å². The third kappa shape index (κ3) is 4.38. The Morgan fingerprint density at radius 1 is 0.967 bits per heavy atom. The Balaban J connectivity index is 3.74. The lowest BCUT2D eigenvalue weighted by molar-refractivity contribution is -0.382. The van der Waals surface area contributed by atoms with Crippen molar-refractivity contribution < 1.29 is 57.5 Å². The molecule has 0 spiro atoms. The first-order valence-electron chi connectivity index (χ1n) is 7.43. The van der Waals surface area contributed by atoms with Crippen LogP contribution in [-0.2, 0) is 19.4 Å². The monoisotopic (exact) mass is 492 g/mol. The van der Waals surface area contributed by atoms with Gasteiger partial charge in [0.05, 0.1) is 6.61 Å². The second-order valence-electron chi connectivity index (χ2n) is 5.45. The molecule has 0 saturated heterocycles. The summed E-state index contributed by atoms with van der Waals surface area (Å²) >= 11 is 5.54. The summed E-state index contributed by atoms with van der Waals surface area (Å²) in [5.41, 5.74) is -0.423. The van der Waals surface area contributed by atoms with E-state index in [1.54, 1.807) is 0 Å². The zero-order chi connectivity index (χ0) is 23.8. The minimum atomic E-state index is -7.48. The second kappa shape index (κ2) is 8.29. The molecular formula is C15H10ClF9O4S. The number of hydrogen-bond donors (Lipinski definition) is 0. The molecule has 15 heteroatoms. The molecule has 0 aliphatic carbocycles. The van der Waals surface area contributed by atoms with Gasteiger partial charge in [-0.2, -0.15) is 39.5 Å². The van der Waals surface area contributed by atoms with Gasteiger partial charge in [0.1, 0.15) is 0 Å². The van der Waals surface area contributed by atoms with E-state index < -0.39 is 56.2 Å². The average molecular weight is 493 g/mol. The highest BCUT2D eigenvalue weighted by Crippen LogP contribution is 2.55. The predicted molar refractivity (Wildman–Crippen MR) is 85.9 cm³/mol. The van der Waals surface area contributed by atoms with Crippen LogP contribution in [0.25, 0.3) is 6.08 Å². The van der Waals surface area contributed by atoms with Crippen LogP contribution in [0.1, 0.15) is 12.5 Å². The van der Waals surface area contributed by atoms with E-state index >= 15 is 0 Å². The van der Waals surface area contributed by atoms with Crippen molar-refractivity contribution in [2.75, 3.05) is 6.61 Å². The van der Waals surface area contributed by atoms with Gasteiger partial charge in [0.25, 0.3) is 9.84 Å². The van der Waals surface area contributed by atoms with Gasteiger partial charge in [0.2, 0.25) is 0 Å². The smallest absolute Gasteiger partial charge is 0.460 e. The number of carbonyl (C=O) groups is 1. The summed E-state index contributed by atoms with van der Waals surface area (Å²) in [7, 11) is -7.14. The van der Waals surface area contributed by atoms with Crippen molar-refractivity contribution in [2.24, 2.45) is 0 Å². The van der Waals surface area contributed by atoms with Crippen LogP contribution in [0.5, 0.6) is 0 Å². The van der Waals surface area contributed by atoms with Crippen molar-refractivity contribution >= 4 is 33.5 Å². The number of carbonyl (C=O) groups excluding carboxylic acids is 1. The van der Waals surface area contributed by atoms with E-state index in [-0.39, 0.29) is 11.1 Å². The van der Waals surface area contributed by atoms with E-state index in [0.717, 1.165) is 31.2 Å². The lowest BCUT2D eigenvalue weighted by atomic mass is 10.1. The largest absolute Gasteiger partial charge is 0.462 e. The third-order valence-electron chi connectivity index (χ3n) is 3.39. The van der Waals surface area contributed by atoms with E-state index in [1.807, 2.05) is 0 Å². The molecule has 0 aliphatic heterocycles. The molecule has 0 fully saturated rings. The molecule has 30 heavy (non-hydrogen) atoms. The molecule has 0 atom stereocenters. The standard InChI is InChI=1S/C15H10ClF9O4S/c1-2-29-11(26)10(7-8-3-5-9(16)6-4-8)30(27,28)15(24,25)13(19,20)12(17,18)14(21,22)23/h3-7H,2H2,1H3/b10-7+. The lowest BCUT2D eigenvalue weighted by Crippen LogP contribution is -2.63. The number of sulfone groups is 1. The third-order valence-corrected chi connectivity index (χ3v) is 5.43. The van der Waals surface area contributed by atoms with Crippen LogP contribution in [0.4, 0.5) is 39.5 Å². The first-order chi connectivity index (χ1) is 13.3. The number of halogens is 10. The molecule has 0 bridgehead atoms. The Morgan fingerprint density at radius 3 is 1.83 bits per heavy atom. The van der Waals surface area contributed by atoms with Gasteiger partial charge in [-0.15, -0.1) is 0 Å². The molecule has 0 aliphatic rings. The Hall–Kier alpha value is -1.96. The zero-order valence-electron chi connectivity index (χ0n) is 14.4. The van der Waals surface area contributed by atoms with E-state index in [9.17, 15) is 52.7 Å². The average Bonchev–Trinajstić information content (AvgIpc) is 2.59. The van der Waals surface area contributed by atoms with Crippen LogP contribution in [0.2, 0.25) is 5.02 Å². The van der Waals surface area contributed by atoms with Crippen LogP contribution in [0.15, 0.2) is 29.2 Å². The highest BCUT2D eigenvalue weighted by atomic mass is 35.5. The van der Waals surface area contributed by atoms with Crippen LogP contribution >= 0.6 is 11.6 Å². The van der Waals surface area contributed by atoms with Gasteiger partial charge < -0.3 is 4.74 Å².